The van der Waals surface area contributed by atoms with Crippen LogP contribution in [0.3, 0.4) is 0 Å². The number of nitrogens with zero attached hydrogens (tertiary/aromatic N) is 1. The fourth-order valence-corrected chi connectivity index (χ4v) is 3.35. The Balaban J connectivity index is 2.39. The van der Waals surface area contributed by atoms with Gasteiger partial charge in [-0.3, -0.25) is 10.1 Å². The van der Waals surface area contributed by atoms with Crippen LogP contribution in [0.5, 0.6) is 0 Å². The first kappa shape index (κ1) is 13.0. The third-order valence-electron chi connectivity index (χ3n) is 4.28. The molecule has 4 nitrogen and oxygen atoms in total. The van der Waals surface area contributed by atoms with E-state index in [0.29, 0.717) is 10.9 Å². The molecule has 108 valence electrons. The van der Waals surface area contributed by atoms with E-state index in [-0.39, 0.29) is 10.6 Å². The lowest BCUT2D eigenvalue weighted by Gasteiger charge is -2.16. The molecule has 0 amide bonds. The van der Waals surface area contributed by atoms with Gasteiger partial charge in [-0.2, -0.15) is 0 Å². The second kappa shape index (κ2) is 4.39. The lowest BCUT2D eigenvalue weighted by molar-refractivity contribution is -0.383. The Bertz CT molecular complexity index is 1040. The summed E-state index contributed by atoms with van der Waals surface area (Å²) in [5, 5.41) is 27.0. The molecule has 0 saturated heterocycles. The van der Waals surface area contributed by atoms with Gasteiger partial charge in [0.25, 0.3) is 5.69 Å². The van der Waals surface area contributed by atoms with Crippen LogP contribution < -0.4 is 0 Å². The van der Waals surface area contributed by atoms with Crippen molar-refractivity contribution < 1.29 is 10.0 Å². The highest BCUT2D eigenvalue weighted by Crippen LogP contribution is 2.42. The van der Waals surface area contributed by atoms with Gasteiger partial charge in [-0.25, -0.2) is 0 Å². The smallest absolute Gasteiger partial charge is 0.277 e. The minimum absolute atomic E-state index is 0.0432. The quantitative estimate of drug-likeness (QED) is 0.335. The van der Waals surface area contributed by atoms with Crippen LogP contribution in [0.4, 0.5) is 5.69 Å². The zero-order valence-corrected chi connectivity index (χ0v) is 11.9. The van der Waals surface area contributed by atoms with Crippen molar-refractivity contribution in [1.29, 1.82) is 0 Å². The summed E-state index contributed by atoms with van der Waals surface area (Å²) in [5.74, 6) is 0. The number of non-ortho nitro benzene ring substituents is 1. The molecule has 4 rings (SSSR count). The van der Waals surface area contributed by atoms with Crippen molar-refractivity contribution in [3.8, 4) is 0 Å². The van der Waals surface area contributed by atoms with Crippen LogP contribution in [0.1, 0.15) is 18.6 Å². The molecule has 0 spiro atoms. The van der Waals surface area contributed by atoms with Gasteiger partial charge in [0, 0.05) is 11.5 Å². The highest BCUT2D eigenvalue weighted by atomic mass is 16.6. The number of hydrogen-bond donors (Lipinski definition) is 1. The third kappa shape index (κ3) is 1.61. The molecule has 0 saturated carbocycles. The Kier molecular flexibility index (Phi) is 2.59. The van der Waals surface area contributed by atoms with Crippen LogP contribution in [0, 0.1) is 10.1 Å². The minimum atomic E-state index is -0.770. The molecular formula is C18H13NO3. The number of nitro benzene ring substituents is 1. The van der Waals surface area contributed by atoms with Gasteiger partial charge in [-0.1, -0.05) is 30.3 Å². The fraction of sp³-hybridized carbons (Fsp3) is 0.111. The maximum absolute atomic E-state index is 11.4. The molecule has 1 N–H and O–H groups in total. The van der Waals surface area contributed by atoms with E-state index in [1.54, 1.807) is 13.0 Å². The molecule has 0 bridgehead atoms. The molecule has 4 aromatic carbocycles. The maximum Gasteiger partial charge on any atom is 0.277 e. The van der Waals surface area contributed by atoms with Crippen molar-refractivity contribution >= 4 is 38.0 Å². The van der Waals surface area contributed by atoms with Gasteiger partial charge in [0.2, 0.25) is 0 Å². The minimum Gasteiger partial charge on any atom is -0.389 e. The Hall–Kier alpha value is -2.72. The van der Waals surface area contributed by atoms with E-state index in [4.69, 9.17) is 0 Å². The first-order valence-corrected chi connectivity index (χ1v) is 7.11. The van der Waals surface area contributed by atoms with Crippen molar-refractivity contribution in [3.63, 3.8) is 0 Å². The molecule has 4 heteroatoms. The molecule has 0 aliphatic carbocycles. The summed E-state index contributed by atoms with van der Waals surface area (Å²) in [6.45, 7) is 1.64. The number of nitro groups is 1. The second-order valence-electron chi connectivity index (χ2n) is 5.60. The van der Waals surface area contributed by atoms with E-state index in [2.05, 4.69) is 0 Å². The zero-order chi connectivity index (χ0) is 15.4. The van der Waals surface area contributed by atoms with E-state index in [0.717, 1.165) is 26.9 Å². The summed E-state index contributed by atoms with van der Waals surface area (Å²) in [5.41, 5.74) is 0.644. The Labute approximate surface area is 126 Å². The van der Waals surface area contributed by atoms with Gasteiger partial charge in [0.15, 0.2) is 0 Å². The van der Waals surface area contributed by atoms with Crippen LogP contribution >= 0.6 is 0 Å². The van der Waals surface area contributed by atoms with E-state index < -0.39 is 6.10 Å². The van der Waals surface area contributed by atoms with Gasteiger partial charge in [-0.05, 0) is 46.2 Å². The SMILES string of the molecule is CC(O)c1cc2cccc3ccc4ccc([N+](=O)[O-])c1c4c32. The van der Waals surface area contributed by atoms with Crippen LogP contribution in [-0.4, -0.2) is 10.0 Å². The first-order valence-electron chi connectivity index (χ1n) is 7.11. The van der Waals surface area contributed by atoms with E-state index in [1.807, 2.05) is 36.4 Å². The Morgan fingerprint density at radius 1 is 0.955 bits per heavy atom. The van der Waals surface area contributed by atoms with E-state index >= 15 is 0 Å². The maximum atomic E-state index is 11.4. The van der Waals surface area contributed by atoms with Crippen LogP contribution in [0.15, 0.2) is 48.5 Å². The molecular weight excluding hydrogens is 278 g/mol. The number of aliphatic hydroxyl groups excluding tert-OH is 1. The van der Waals surface area contributed by atoms with E-state index in [1.165, 1.54) is 6.07 Å². The number of rotatable bonds is 2. The summed E-state index contributed by atoms with van der Waals surface area (Å²) >= 11 is 0. The highest BCUT2D eigenvalue weighted by molar-refractivity contribution is 6.25. The first-order chi connectivity index (χ1) is 10.6. The number of benzene rings is 4. The molecule has 0 radical (unpaired) electrons. The third-order valence-corrected chi connectivity index (χ3v) is 4.28. The summed E-state index contributed by atoms with van der Waals surface area (Å²) in [7, 11) is 0. The Morgan fingerprint density at radius 2 is 1.59 bits per heavy atom. The molecule has 0 aliphatic rings. The Morgan fingerprint density at radius 3 is 2.27 bits per heavy atom. The van der Waals surface area contributed by atoms with Crippen molar-refractivity contribution in [2.75, 3.05) is 0 Å². The molecule has 0 aliphatic heterocycles. The molecule has 1 atom stereocenters. The average molecular weight is 291 g/mol. The monoisotopic (exact) mass is 291 g/mol. The lowest BCUT2D eigenvalue weighted by atomic mass is 9.89. The van der Waals surface area contributed by atoms with Gasteiger partial charge in [0.05, 0.1) is 16.4 Å². The van der Waals surface area contributed by atoms with Gasteiger partial charge < -0.3 is 5.11 Å². The van der Waals surface area contributed by atoms with Crippen LogP contribution in [-0.2, 0) is 0 Å². The predicted octanol–water partition coefficient (Wildman–Crippen LogP) is 4.55. The summed E-state index contributed by atoms with van der Waals surface area (Å²) in [4.78, 5) is 11.1. The van der Waals surface area contributed by atoms with Crippen molar-refractivity contribution in [3.05, 3.63) is 64.2 Å². The van der Waals surface area contributed by atoms with E-state index in [9.17, 15) is 15.2 Å². The molecule has 22 heavy (non-hydrogen) atoms. The molecule has 4 aromatic rings. The standard InChI is InChI=1S/C18H13NO3/c1-10(20)14-9-13-4-2-3-11-5-6-12-7-8-15(19(21)22)18(14)17(12)16(11)13/h2-10,20H,1H3. The fourth-order valence-electron chi connectivity index (χ4n) is 3.35. The molecule has 0 heterocycles. The molecule has 1 unspecified atom stereocenters. The molecule has 0 aromatic heterocycles. The van der Waals surface area contributed by atoms with Crippen molar-refractivity contribution in [2.45, 2.75) is 13.0 Å². The van der Waals surface area contributed by atoms with Gasteiger partial charge >= 0.3 is 0 Å². The zero-order valence-electron chi connectivity index (χ0n) is 11.9. The summed E-state index contributed by atoms with van der Waals surface area (Å²) in [6.07, 6.45) is -0.770. The molecule has 0 fully saturated rings. The van der Waals surface area contributed by atoms with Crippen LogP contribution in [0.25, 0.3) is 32.3 Å². The van der Waals surface area contributed by atoms with Gasteiger partial charge in [0.1, 0.15) is 0 Å². The topological polar surface area (TPSA) is 63.4 Å². The van der Waals surface area contributed by atoms with Crippen molar-refractivity contribution in [1.82, 2.24) is 0 Å². The second-order valence-corrected chi connectivity index (χ2v) is 5.60. The highest BCUT2D eigenvalue weighted by Gasteiger charge is 2.22. The lowest BCUT2D eigenvalue weighted by Crippen LogP contribution is -1.99. The van der Waals surface area contributed by atoms with Crippen molar-refractivity contribution in [2.24, 2.45) is 0 Å². The van der Waals surface area contributed by atoms with Gasteiger partial charge in [-0.15, -0.1) is 0 Å². The largest absolute Gasteiger partial charge is 0.389 e. The summed E-state index contributed by atoms with van der Waals surface area (Å²) < 4.78 is 0. The predicted molar refractivity (Wildman–Crippen MR) is 87.4 cm³/mol. The van der Waals surface area contributed by atoms with Crippen LogP contribution in [0.2, 0.25) is 0 Å². The normalized spacial score (nSPS) is 13.2. The number of hydrogen-bond acceptors (Lipinski definition) is 3. The number of aliphatic hydroxyl groups is 1. The summed E-state index contributed by atoms with van der Waals surface area (Å²) in [6, 6.07) is 15.1. The average Bonchev–Trinajstić information content (AvgIpc) is 2.51.